The van der Waals surface area contributed by atoms with E-state index in [1.165, 1.54) is 6.20 Å². The van der Waals surface area contributed by atoms with Crippen molar-refractivity contribution in [3.8, 4) is 5.75 Å². The maximum absolute atomic E-state index is 14.5. The maximum Gasteiger partial charge on any atom is 0.256 e. The van der Waals surface area contributed by atoms with E-state index >= 15 is 0 Å². The number of hydrogen-bond donors (Lipinski definition) is 2. The van der Waals surface area contributed by atoms with Gasteiger partial charge in [0.05, 0.1) is 11.1 Å². The van der Waals surface area contributed by atoms with Gasteiger partial charge in [-0.05, 0) is 38.1 Å². The first-order valence-corrected chi connectivity index (χ1v) is 9.13. The summed E-state index contributed by atoms with van der Waals surface area (Å²) in [7, 11) is 0. The standard InChI is InChI=1S/C21H19F2N3O2/c22-13-11-17(23)20(19(12-13)28-14-5-8-24-9-6-14)26-21(27)16-7-10-25-18-4-2-1-3-15(16)18/h1-4,7,10-12,14,24H,5-6,8-9H2,(H,26,27). The molecule has 1 aliphatic rings. The van der Waals surface area contributed by atoms with Gasteiger partial charge in [0, 0.05) is 23.7 Å². The van der Waals surface area contributed by atoms with Crippen LogP contribution in [0.3, 0.4) is 0 Å². The second kappa shape index (κ2) is 7.90. The number of halogens is 2. The Morgan fingerprint density at radius 1 is 1.14 bits per heavy atom. The number of pyridine rings is 1. The van der Waals surface area contributed by atoms with Crippen molar-refractivity contribution in [2.75, 3.05) is 18.4 Å². The lowest BCUT2D eigenvalue weighted by atomic mass is 10.1. The van der Waals surface area contributed by atoms with Crippen LogP contribution in [0.2, 0.25) is 0 Å². The van der Waals surface area contributed by atoms with Crippen LogP contribution in [0.15, 0.2) is 48.7 Å². The van der Waals surface area contributed by atoms with Gasteiger partial charge in [-0.3, -0.25) is 9.78 Å². The summed E-state index contributed by atoms with van der Waals surface area (Å²) in [4.78, 5) is 17.1. The molecule has 0 spiro atoms. The van der Waals surface area contributed by atoms with Gasteiger partial charge in [-0.15, -0.1) is 0 Å². The number of anilines is 1. The molecule has 3 aromatic rings. The Kier molecular flexibility index (Phi) is 5.16. The van der Waals surface area contributed by atoms with Crippen LogP contribution in [0.1, 0.15) is 23.2 Å². The zero-order valence-electron chi connectivity index (χ0n) is 15.0. The van der Waals surface area contributed by atoms with Gasteiger partial charge >= 0.3 is 0 Å². The summed E-state index contributed by atoms with van der Waals surface area (Å²) >= 11 is 0. The Bertz CT molecular complexity index is 1010. The van der Waals surface area contributed by atoms with Gasteiger partial charge in [-0.2, -0.15) is 0 Å². The molecular formula is C21H19F2N3O2. The van der Waals surface area contributed by atoms with Gasteiger partial charge in [-0.1, -0.05) is 18.2 Å². The second-order valence-corrected chi connectivity index (χ2v) is 6.66. The van der Waals surface area contributed by atoms with Crippen LogP contribution in [-0.2, 0) is 0 Å². The van der Waals surface area contributed by atoms with E-state index in [9.17, 15) is 13.6 Å². The summed E-state index contributed by atoms with van der Waals surface area (Å²) in [6.07, 6.45) is 2.80. The Balaban J connectivity index is 1.65. The zero-order valence-corrected chi connectivity index (χ0v) is 15.0. The van der Waals surface area contributed by atoms with Gasteiger partial charge in [0.15, 0.2) is 5.82 Å². The molecule has 1 fully saturated rings. The molecular weight excluding hydrogens is 364 g/mol. The van der Waals surface area contributed by atoms with Crippen LogP contribution in [0.4, 0.5) is 14.5 Å². The number of nitrogens with one attached hydrogen (secondary N) is 2. The lowest BCUT2D eigenvalue weighted by molar-refractivity contribution is 0.102. The first-order chi connectivity index (χ1) is 13.6. The van der Waals surface area contributed by atoms with Crippen molar-refractivity contribution in [2.24, 2.45) is 0 Å². The molecule has 1 aromatic heterocycles. The van der Waals surface area contributed by atoms with E-state index in [0.29, 0.717) is 16.5 Å². The van der Waals surface area contributed by atoms with E-state index < -0.39 is 17.5 Å². The van der Waals surface area contributed by atoms with Gasteiger partial charge in [-0.25, -0.2) is 8.78 Å². The molecule has 144 valence electrons. The number of aromatic nitrogens is 1. The molecule has 0 bridgehead atoms. The number of amides is 1. The average Bonchev–Trinajstić information content (AvgIpc) is 2.70. The number of benzene rings is 2. The molecule has 2 heterocycles. The van der Waals surface area contributed by atoms with Crippen LogP contribution < -0.4 is 15.4 Å². The summed E-state index contributed by atoms with van der Waals surface area (Å²) in [6, 6.07) is 10.6. The molecule has 1 aliphatic heterocycles. The molecule has 7 heteroatoms. The van der Waals surface area contributed by atoms with Crippen LogP contribution in [-0.4, -0.2) is 30.1 Å². The van der Waals surface area contributed by atoms with Crippen molar-refractivity contribution in [3.05, 3.63) is 65.9 Å². The summed E-state index contributed by atoms with van der Waals surface area (Å²) in [5.41, 5.74) is 0.842. The third kappa shape index (κ3) is 3.80. The fraction of sp³-hybridized carbons (Fsp3) is 0.238. The van der Waals surface area contributed by atoms with Gasteiger partial charge in [0.2, 0.25) is 0 Å². The highest BCUT2D eigenvalue weighted by Crippen LogP contribution is 2.32. The number of hydrogen-bond acceptors (Lipinski definition) is 4. The molecule has 1 saturated heterocycles. The fourth-order valence-electron chi connectivity index (χ4n) is 3.33. The average molecular weight is 383 g/mol. The molecule has 2 aromatic carbocycles. The van der Waals surface area contributed by atoms with Gasteiger partial charge in [0.25, 0.3) is 5.91 Å². The van der Waals surface area contributed by atoms with E-state index in [2.05, 4.69) is 15.6 Å². The molecule has 0 unspecified atom stereocenters. The molecule has 5 nitrogen and oxygen atoms in total. The number of carbonyl (C=O) groups excluding carboxylic acids is 1. The van der Waals surface area contributed by atoms with E-state index in [-0.39, 0.29) is 17.5 Å². The molecule has 1 amide bonds. The Labute approximate surface area is 160 Å². The quantitative estimate of drug-likeness (QED) is 0.717. The molecule has 28 heavy (non-hydrogen) atoms. The zero-order chi connectivity index (χ0) is 19.5. The minimum Gasteiger partial charge on any atom is -0.488 e. The highest BCUT2D eigenvalue weighted by molar-refractivity contribution is 6.12. The van der Waals surface area contributed by atoms with Crippen molar-refractivity contribution < 1.29 is 18.3 Å². The fourth-order valence-corrected chi connectivity index (χ4v) is 3.33. The van der Waals surface area contributed by atoms with Crippen molar-refractivity contribution in [2.45, 2.75) is 18.9 Å². The summed E-state index contributed by atoms with van der Waals surface area (Å²) in [5, 5.41) is 6.40. The monoisotopic (exact) mass is 383 g/mol. The van der Waals surface area contributed by atoms with Crippen LogP contribution in [0.5, 0.6) is 5.75 Å². The summed E-state index contributed by atoms with van der Waals surface area (Å²) < 4.78 is 34.1. The third-order valence-electron chi connectivity index (χ3n) is 4.73. The molecule has 4 rings (SSSR count). The maximum atomic E-state index is 14.5. The minimum atomic E-state index is -0.879. The van der Waals surface area contributed by atoms with Crippen LogP contribution in [0, 0.1) is 11.6 Å². The van der Waals surface area contributed by atoms with Crippen LogP contribution >= 0.6 is 0 Å². The second-order valence-electron chi connectivity index (χ2n) is 6.66. The molecule has 0 radical (unpaired) electrons. The topological polar surface area (TPSA) is 63.2 Å². The van der Waals surface area contributed by atoms with E-state index in [0.717, 1.165) is 38.1 Å². The SMILES string of the molecule is O=C(Nc1c(F)cc(F)cc1OC1CCNCC1)c1ccnc2ccccc12. The van der Waals surface area contributed by atoms with Gasteiger partial charge in [0.1, 0.15) is 23.4 Å². The summed E-state index contributed by atoms with van der Waals surface area (Å²) in [6.45, 7) is 1.54. The Morgan fingerprint density at radius 2 is 1.93 bits per heavy atom. The molecule has 0 saturated carbocycles. The smallest absolute Gasteiger partial charge is 0.256 e. The Morgan fingerprint density at radius 3 is 2.75 bits per heavy atom. The summed E-state index contributed by atoms with van der Waals surface area (Å²) in [5.74, 6) is -2.15. The lowest BCUT2D eigenvalue weighted by Gasteiger charge is -2.25. The number of rotatable bonds is 4. The van der Waals surface area contributed by atoms with Crippen molar-refractivity contribution in [3.63, 3.8) is 0 Å². The number of fused-ring (bicyclic) bond motifs is 1. The highest BCUT2D eigenvalue weighted by atomic mass is 19.1. The normalized spacial score (nSPS) is 14.8. The van der Waals surface area contributed by atoms with E-state index in [1.807, 2.05) is 6.07 Å². The first kappa shape index (κ1) is 18.3. The van der Waals surface area contributed by atoms with E-state index in [4.69, 9.17) is 4.74 Å². The van der Waals surface area contributed by atoms with Crippen LogP contribution in [0.25, 0.3) is 10.9 Å². The third-order valence-corrected chi connectivity index (χ3v) is 4.73. The molecule has 2 N–H and O–H groups in total. The lowest BCUT2D eigenvalue weighted by Crippen LogP contribution is -2.34. The number of ether oxygens (including phenoxy) is 1. The number of para-hydroxylation sites is 1. The first-order valence-electron chi connectivity index (χ1n) is 9.13. The Hall–Kier alpha value is -3.06. The predicted octanol–water partition coefficient (Wildman–Crippen LogP) is 3.90. The number of piperidine rings is 1. The van der Waals surface area contributed by atoms with Crippen molar-refractivity contribution >= 4 is 22.5 Å². The largest absolute Gasteiger partial charge is 0.488 e. The molecule has 0 atom stereocenters. The number of carbonyl (C=O) groups is 1. The predicted molar refractivity (Wildman–Crippen MR) is 103 cm³/mol. The van der Waals surface area contributed by atoms with Crippen molar-refractivity contribution in [1.82, 2.24) is 10.3 Å². The molecule has 0 aliphatic carbocycles. The number of nitrogens with zero attached hydrogens (tertiary/aromatic N) is 1. The minimum absolute atomic E-state index is 0.00360. The van der Waals surface area contributed by atoms with Gasteiger partial charge < -0.3 is 15.4 Å². The van der Waals surface area contributed by atoms with Crippen molar-refractivity contribution in [1.29, 1.82) is 0 Å². The van der Waals surface area contributed by atoms with E-state index in [1.54, 1.807) is 24.3 Å². The highest BCUT2D eigenvalue weighted by Gasteiger charge is 2.21.